The highest BCUT2D eigenvalue weighted by molar-refractivity contribution is 5.34. The molecule has 0 atom stereocenters. The molecular weight excluding hydrogens is 112 g/mol. The third kappa shape index (κ3) is 0.689. The first kappa shape index (κ1) is 4.86. The number of hydrogen-bond acceptors (Lipinski definition) is 1. The second-order valence-corrected chi connectivity index (χ2v) is 2.14. The molecule has 1 nitrogen and oxygen atoms in total. The standard InChI is InChI=1S/C8H7O/c1-3-7-4-2-6-9-8(7)5-1/h2,4,6H,1,3H2. The normalized spacial score (nSPS) is 22.2. The van der Waals surface area contributed by atoms with Crippen LogP contribution in [0.5, 0.6) is 0 Å². The largest absolute Gasteiger partial charge is 0.464 e. The van der Waals surface area contributed by atoms with Crippen LogP contribution in [0, 0.1) is 6.08 Å². The summed E-state index contributed by atoms with van der Waals surface area (Å²) < 4.78 is 5.16. The molecule has 0 N–H and O–H groups in total. The summed E-state index contributed by atoms with van der Waals surface area (Å²) in [6.45, 7) is 0. The summed E-state index contributed by atoms with van der Waals surface area (Å²) in [7, 11) is 0. The van der Waals surface area contributed by atoms with Crippen molar-refractivity contribution in [3.8, 4) is 0 Å². The monoisotopic (exact) mass is 119 g/mol. The van der Waals surface area contributed by atoms with Crippen LogP contribution < -0.4 is 0 Å². The summed E-state index contributed by atoms with van der Waals surface area (Å²) in [4.78, 5) is 0. The van der Waals surface area contributed by atoms with Crippen molar-refractivity contribution in [1.82, 2.24) is 0 Å². The van der Waals surface area contributed by atoms with E-state index in [9.17, 15) is 0 Å². The Morgan fingerprint density at radius 3 is 3.44 bits per heavy atom. The van der Waals surface area contributed by atoms with Gasteiger partial charge in [0.1, 0.15) is 5.76 Å². The lowest BCUT2D eigenvalue weighted by Gasteiger charge is -2.06. The molecule has 1 heterocycles. The molecule has 0 fully saturated rings. The van der Waals surface area contributed by atoms with E-state index in [1.807, 2.05) is 6.08 Å². The van der Waals surface area contributed by atoms with Gasteiger partial charge in [-0.05, 0) is 24.5 Å². The van der Waals surface area contributed by atoms with Crippen molar-refractivity contribution in [3.05, 3.63) is 35.8 Å². The molecule has 0 unspecified atom stereocenters. The molecule has 1 aliphatic carbocycles. The highest BCUT2D eigenvalue weighted by Gasteiger charge is 2.13. The van der Waals surface area contributed by atoms with Gasteiger partial charge < -0.3 is 4.74 Å². The molecule has 2 rings (SSSR count). The van der Waals surface area contributed by atoms with E-state index < -0.39 is 0 Å². The van der Waals surface area contributed by atoms with Gasteiger partial charge in [-0.15, -0.1) is 0 Å². The lowest BCUT2D eigenvalue weighted by molar-refractivity contribution is 0.357. The Balaban J connectivity index is 2.37. The van der Waals surface area contributed by atoms with Gasteiger partial charge in [0.25, 0.3) is 0 Å². The van der Waals surface area contributed by atoms with Crippen molar-refractivity contribution in [1.29, 1.82) is 0 Å². The van der Waals surface area contributed by atoms with Crippen LogP contribution in [0.15, 0.2) is 29.7 Å². The Morgan fingerprint density at radius 2 is 2.56 bits per heavy atom. The van der Waals surface area contributed by atoms with E-state index in [1.165, 1.54) is 5.57 Å². The first-order valence-corrected chi connectivity index (χ1v) is 3.10. The van der Waals surface area contributed by atoms with E-state index in [0.717, 1.165) is 18.6 Å². The van der Waals surface area contributed by atoms with Crippen LogP contribution in [0.25, 0.3) is 0 Å². The number of allylic oxidation sites excluding steroid dienone is 4. The second kappa shape index (κ2) is 1.76. The number of rotatable bonds is 0. The van der Waals surface area contributed by atoms with Gasteiger partial charge >= 0.3 is 0 Å². The smallest absolute Gasteiger partial charge is 0.133 e. The highest BCUT2D eigenvalue weighted by atomic mass is 16.5. The molecular formula is C8H7O. The summed E-state index contributed by atoms with van der Waals surface area (Å²) in [5.41, 5.74) is 1.29. The third-order valence-corrected chi connectivity index (χ3v) is 1.53. The number of ether oxygens (including phenoxy) is 1. The molecule has 0 amide bonds. The average Bonchev–Trinajstić information content (AvgIpc) is 2.33. The number of hydrogen-bond donors (Lipinski definition) is 0. The Labute approximate surface area is 54.3 Å². The zero-order valence-electron chi connectivity index (χ0n) is 5.05. The van der Waals surface area contributed by atoms with Gasteiger partial charge in [0.15, 0.2) is 0 Å². The molecule has 1 heteroatoms. The fraction of sp³-hybridized carbons (Fsp3) is 0.250. The molecule has 0 aromatic heterocycles. The Morgan fingerprint density at radius 1 is 1.56 bits per heavy atom. The molecule has 0 aromatic rings. The van der Waals surface area contributed by atoms with Crippen molar-refractivity contribution >= 4 is 0 Å². The van der Waals surface area contributed by atoms with E-state index in [1.54, 1.807) is 6.26 Å². The van der Waals surface area contributed by atoms with Crippen LogP contribution in [-0.2, 0) is 4.74 Å². The minimum Gasteiger partial charge on any atom is -0.464 e. The zero-order chi connectivity index (χ0) is 6.10. The van der Waals surface area contributed by atoms with Gasteiger partial charge in [-0.1, -0.05) is 6.08 Å². The Kier molecular flexibility index (Phi) is 0.950. The first-order valence-electron chi connectivity index (χ1n) is 3.10. The summed E-state index contributed by atoms with van der Waals surface area (Å²) in [5.74, 6) is 0.942. The van der Waals surface area contributed by atoms with E-state index in [4.69, 9.17) is 4.74 Å². The third-order valence-electron chi connectivity index (χ3n) is 1.53. The summed E-state index contributed by atoms with van der Waals surface area (Å²) >= 11 is 0. The molecule has 9 heavy (non-hydrogen) atoms. The van der Waals surface area contributed by atoms with Crippen LogP contribution in [0.3, 0.4) is 0 Å². The molecule has 1 radical (unpaired) electrons. The van der Waals surface area contributed by atoms with Crippen LogP contribution in [0.4, 0.5) is 0 Å². The molecule has 2 aliphatic rings. The zero-order valence-corrected chi connectivity index (χ0v) is 5.05. The highest BCUT2D eigenvalue weighted by Crippen LogP contribution is 2.27. The summed E-state index contributed by atoms with van der Waals surface area (Å²) in [5, 5.41) is 0. The topological polar surface area (TPSA) is 9.23 Å². The summed E-state index contributed by atoms with van der Waals surface area (Å²) in [6.07, 6.45) is 10.9. The Hall–Kier alpha value is -0.980. The summed E-state index contributed by atoms with van der Waals surface area (Å²) in [6, 6.07) is 0. The van der Waals surface area contributed by atoms with Gasteiger partial charge in [-0.25, -0.2) is 0 Å². The molecule has 0 aromatic carbocycles. The van der Waals surface area contributed by atoms with Crippen LogP contribution in [-0.4, -0.2) is 0 Å². The van der Waals surface area contributed by atoms with Crippen molar-refractivity contribution < 1.29 is 4.74 Å². The fourth-order valence-corrected chi connectivity index (χ4v) is 1.08. The number of fused-ring (bicyclic) bond motifs is 1. The molecule has 0 saturated heterocycles. The predicted octanol–water partition coefficient (Wildman–Crippen LogP) is 1.94. The van der Waals surface area contributed by atoms with Crippen molar-refractivity contribution in [2.24, 2.45) is 0 Å². The van der Waals surface area contributed by atoms with E-state index in [0.29, 0.717) is 0 Å². The van der Waals surface area contributed by atoms with Gasteiger partial charge in [0.05, 0.1) is 6.26 Å². The van der Waals surface area contributed by atoms with Crippen molar-refractivity contribution in [2.45, 2.75) is 12.8 Å². The SMILES string of the molecule is [C]1=C2OC=CC=C2CC1. The van der Waals surface area contributed by atoms with Crippen molar-refractivity contribution in [3.63, 3.8) is 0 Å². The average molecular weight is 119 g/mol. The molecule has 0 bridgehead atoms. The maximum absolute atomic E-state index is 5.16. The second-order valence-electron chi connectivity index (χ2n) is 2.14. The van der Waals surface area contributed by atoms with Crippen LogP contribution in [0.1, 0.15) is 12.8 Å². The van der Waals surface area contributed by atoms with Gasteiger partial charge in [0.2, 0.25) is 0 Å². The molecule has 1 aliphatic heterocycles. The lowest BCUT2D eigenvalue weighted by Crippen LogP contribution is -1.88. The molecule has 0 saturated carbocycles. The minimum atomic E-state index is 0.942. The molecule has 0 spiro atoms. The predicted molar refractivity (Wildman–Crippen MR) is 34.3 cm³/mol. The quantitative estimate of drug-likeness (QED) is 0.473. The Bertz CT molecular complexity index is 209. The van der Waals surface area contributed by atoms with E-state index in [2.05, 4.69) is 12.2 Å². The minimum absolute atomic E-state index is 0.942. The maximum Gasteiger partial charge on any atom is 0.133 e. The molecule has 45 valence electrons. The van der Waals surface area contributed by atoms with Crippen LogP contribution in [0.2, 0.25) is 0 Å². The first-order chi connectivity index (χ1) is 4.47. The van der Waals surface area contributed by atoms with Gasteiger partial charge in [0, 0.05) is 6.08 Å². The lowest BCUT2D eigenvalue weighted by atomic mass is 10.2. The van der Waals surface area contributed by atoms with E-state index >= 15 is 0 Å². The van der Waals surface area contributed by atoms with Gasteiger partial charge in [-0.2, -0.15) is 0 Å². The van der Waals surface area contributed by atoms with Gasteiger partial charge in [-0.3, -0.25) is 0 Å². The van der Waals surface area contributed by atoms with E-state index in [-0.39, 0.29) is 0 Å². The maximum atomic E-state index is 5.16. The fourth-order valence-electron chi connectivity index (χ4n) is 1.08. The van der Waals surface area contributed by atoms with Crippen molar-refractivity contribution in [2.75, 3.05) is 0 Å². The van der Waals surface area contributed by atoms with Crippen LogP contribution >= 0.6 is 0 Å².